The summed E-state index contributed by atoms with van der Waals surface area (Å²) in [6, 6.07) is 2.96. The van der Waals surface area contributed by atoms with Crippen LogP contribution in [0.2, 0.25) is 0 Å². The molecule has 0 saturated heterocycles. The van der Waals surface area contributed by atoms with Crippen molar-refractivity contribution >= 4 is 54.6 Å². The molecular formula is C15H12Br2O6. The van der Waals surface area contributed by atoms with Crippen LogP contribution in [-0.2, 0) is 9.59 Å². The van der Waals surface area contributed by atoms with Crippen LogP contribution >= 0.6 is 31.9 Å². The summed E-state index contributed by atoms with van der Waals surface area (Å²) < 4.78 is 16.2. The minimum absolute atomic E-state index is 0.136. The van der Waals surface area contributed by atoms with Gasteiger partial charge >= 0.3 is 11.9 Å². The largest absolute Gasteiger partial charge is 0.505 e. The van der Waals surface area contributed by atoms with E-state index >= 15 is 0 Å². The highest BCUT2D eigenvalue weighted by Crippen LogP contribution is 2.52. The Labute approximate surface area is 148 Å². The molecule has 1 N–H and O–H groups in total. The minimum atomic E-state index is -0.528. The number of phenolic OH excluding ortho intramolecular Hbond substituents is 1. The van der Waals surface area contributed by atoms with Crippen molar-refractivity contribution < 1.29 is 28.9 Å². The Morgan fingerprint density at radius 2 is 1.43 bits per heavy atom. The van der Waals surface area contributed by atoms with Crippen molar-refractivity contribution in [2.45, 2.75) is 13.8 Å². The summed E-state index contributed by atoms with van der Waals surface area (Å²) in [7, 11) is 1.41. The lowest BCUT2D eigenvalue weighted by Gasteiger charge is -2.17. The molecule has 2 aromatic rings. The molecule has 0 bridgehead atoms. The number of rotatable bonds is 3. The third-order valence-electron chi connectivity index (χ3n) is 2.90. The fourth-order valence-corrected chi connectivity index (χ4v) is 3.53. The number of carbonyl (C=O) groups excluding carboxylic acids is 2. The van der Waals surface area contributed by atoms with E-state index in [1.54, 1.807) is 0 Å². The Hall–Kier alpha value is -1.80. The van der Waals surface area contributed by atoms with Crippen molar-refractivity contribution in [3.05, 3.63) is 21.1 Å². The molecule has 23 heavy (non-hydrogen) atoms. The Kier molecular flexibility index (Phi) is 5.16. The average molecular weight is 448 g/mol. The van der Waals surface area contributed by atoms with Crippen molar-refractivity contribution in [1.82, 2.24) is 0 Å². The third kappa shape index (κ3) is 3.28. The second-order valence-corrected chi connectivity index (χ2v) is 6.09. The van der Waals surface area contributed by atoms with Gasteiger partial charge < -0.3 is 19.3 Å². The molecule has 0 aliphatic heterocycles. The molecular weight excluding hydrogens is 436 g/mol. The second-order valence-electron chi connectivity index (χ2n) is 4.51. The summed E-state index contributed by atoms with van der Waals surface area (Å²) in [5, 5.41) is 10.9. The maximum Gasteiger partial charge on any atom is 0.308 e. The quantitative estimate of drug-likeness (QED) is 0.567. The number of hydrogen-bond acceptors (Lipinski definition) is 6. The number of esters is 2. The van der Waals surface area contributed by atoms with E-state index in [4.69, 9.17) is 14.2 Å². The van der Waals surface area contributed by atoms with Gasteiger partial charge in [-0.2, -0.15) is 0 Å². The van der Waals surface area contributed by atoms with E-state index in [1.165, 1.54) is 33.1 Å². The monoisotopic (exact) mass is 446 g/mol. The molecule has 0 heterocycles. The maximum atomic E-state index is 11.3. The van der Waals surface area contributed by atoms with Crippen molar-refractivity contribution in [2.75, 3.05) is 7.11 Å². The molecule has 0 unspecified atom stereocenters. The lowest BCUT2D eigenvalue weighted by Crippen LogP contribution is -2.05. The standard InChI is InChI=1S/C15H12Br2O6/c1-6(18)22-8-4-5-9(23-7(2)19)11-10(8)12(16)14(20)13(17)15(11)21-3/h4-5,20H,1-3H3. The van der Waals surface area contributed by atoms with E-state index in [2.05, 4.69) is 31.9 Å². The highest BCUT2D eigenvalue weighted by molar-refractivity contribution is 9.11. The molecule has 8 heteroatoms. The molecule has 0 fully saturated rings. The molecule has 0 saturated carbocycles. The molecule has 0 spiro atoms. The van der Waals surface area contributed by atoms with Crippen LogP contribution in [0.4, 0.5) is 0 Å². The zero-order chi connectivity index (χ0) is 17.3. The van der Waals surface area contributed by atoms with Gasteiger partial charge in [-0.05, 0) is 44.0 Å². The van der Waals surface area contributed by atoms with Gasteiger partial charge in [-0.15, -0.1) is 0 Å². The maximum absolute atomic E-state index is 11.3. The summed E-state index contributed by atoms with van der Waals surface area (Å²) in [4.78, 5) is 22.6. The van der Waals surface area contributed by atoms with Crippen LogP contribution in [0.1, 0.15) is 13.8 Å². The Morgan fingerprint density at radius 1 is 0.957 bits per heavy atom. The van der Waals surface area contributed by atoms with Crippen LogP contribution in [-0.4, -0.2) is 24.2 Å². The normalized spacial score (nSPS) is 10.5. The lowest BCUT2D eigenvalue weighted by atomic mass is 10.1. The van der Waals surface area contributed by atoms with Gasteiger partial charge in [0.25, 0.3) is 0 Å². The van der Waals surface area contributed by atoms with Gasteiger partial charge in [0.2, 0.25) is 0 Å². The fourth-order valence-electron chi connectivity index (χ4n) is 2.11. The van der Waals surface area contributed by atoms with Crippen molar-refractivity contribution in [3.8, 4) is 23.0 Å². The third-order valence-corrected chi connectivity index (χ3v) is 4.41. The van der Waals surface area contributed by atoms with Crippen LogP contribution in [0.5, 0.6) is 23.0 Å². The number of aromatic hydroxyl groups is 1. The van der Waals surface area contributed by atoms with Gasteiger partial charge in [-0.25, -0.2) is 0 Å². The van der Waals surface area contributed by atoms with Crippen LogP contribution in [0.25, 0.3) is 10.8 Å². The van der Waals surface area contributed by atoms with Gasteiger partial charge in [-0.3, -0.25) is 9.59 Å². The van der Waals surface area contributed by atoms with Crippen molar-refractivity contribution in [2.24, 2.45) is 0 Å². The van der Waals surface area contributed by atoms with E-state index in [0.717, 1.165) is 0 Å². The Morgan fingerprint density at radius 3 is 1.87 bits per heavy atom. The number of phenols is 1. The first kappa shape index (κ1) is 17.6. The van der Waals surface area contributed by atoms with E-state index in [9.17, 15) is 14.7 Å². The van der Waals surface area contributed by atoms with Crippen LogP contribution in [0.15, 0.2) is 21.1 Å². The van der Waals surface area contributed by atoms with Crippen LogP contribution < -0.4 is 14.2 Å². The molecule has 0 atom stereocenters. The van der Waals surface area contributed by atoms with Crippen molar-refractivity contribution in [3.63, 3.8) is 0 Å². The van der Waals surface area contributed by atoms with E-state index in [0.29, 0.717) is 10.8 Å². The van der Waals surface area contributed by atoms with E-state index < -0.39 is 11.9 Å². The molecule has 0 aromatic heterocycles. The number of ether oxygens (including phenoxy) is 3. The molecule has 0 aliphatic rings. The average Bonchev–Trinajstić information content (AvgIpc) is 2.46. The molecule has 0 amide bonds. The summed E-state index contributed by atoms with van der Waals surface area (Å²) in [6.45, 7) is 2.53. The molecule has 2 aromatic carbocycles. The number of benzene rings is 2. The Balaban J connectivity index is 2.97. The van der Waals surface area contributed by atoms with Gasteiger partial charge in [-0.1, -0.05) is 0 Å². The molecule has 122 valence electrons. The van der Waals surface area contributed by atoms with Crippen LogP contribution in [0.3, 0.4) is 0 Å². The minimum Gasteiger partial charge on any atom is -0.505 e. The predicted octanol–water partition coefficient (Wildman–Crippen LogP) is 3.93. The summed E-state index contributed by atoms with van der Waals surface area (Å²) in [5.74, 6) is -0.541. The second kappa shape index (κ2) is 6.76. The molecule has 0 radical (unpaired) electrons. The highest BCUT2D eigenvalue weighted by atomic mass is 79.9. The van der Waals surface area contributed by atoms with Gasteiger partial charge in [0.15, 0.2) is 0 Å². The summed E-state index contributed by atoms with van der Waals surface area (Å²) >= 11 is 6.50. The first-order valence-corrected chi connectivity index (χ1v) is 7.94. The summed E-state index contributed by atoms with van der Waals surface area (Å²) in [6.07, 6.45) is 0. The first-order valence-electron chi connectivity index (χ1n) is 6.35. The molecule has 0 aliphatic carbocycles. The summed E-state index contributed by atoms with van der Waals surface area (Å²) in [5.41, 5.74) is 0. The first-order chi connectivity index (χ1) is 10.8. The van der Waals surface area contributed by atoms with Gasteiger partial charge in [0.1, 0.15) is 27.5 Å². The fraction of sp³-hybridized carbons (Fsp3) is 0.200. The molecule has 6 nitrogen and oxygen atoms in total. The van der Waals surface area contributed by atoms with Crippen LogP contribution in [0, 0.1) is 0 Å². The molecule has 2 rings (SSSR count). The number of fused-ring (bicyclic) bond motifs is 1. The number of hydrogen-bond donors (Lipinski definition) is 1. The Bertz CT molecular complexity index is 816. The zero-order valence-corrected chi connectivity index (χ0v) is 15.6. The smallest absolute Gasteiger partial charge is 0.308 e. The predicted molar refractivity (Wildman–Crippen MR) is 90.2 cm³/mol. The zero-order valence-electron chi connectivity index (χ0n) is 12.4. The van der Waals surface area contributed by atoms with Gasteiger partial charge in [0, 0.05) is 13.8 Å². The lowest BCUT2D eigenvalue weighted by molar-refractivity contribution is -0.132. The topological polar surface area (TPSA) is 82.1 Å². The number of carbonyl (C=O) groups is 2. The number of halogens is 2. The SMILES string of the molecule is COc1c(Br)c(O)c(Br)c2c(OC(C)=O)ccc(OC(C)=O)c12. The van der Waals surface area contributed by atoms with Crippen molar-refractivity contribution in [1.29, 1.82) is 0 Å². The van der Waals surface area contributed by atoms with E-state index in [1.807, 2.05) is 0 Å². The van der Waals surface area contributed by atoms with E-state index in [-0.39, 0.29) is 31.9 Å². The highest BCUT2D eigenvalue weighted by Gasteiger charge is 2.24. The van der Waals surface area contributed by atoms with Gasteiger partial charge in [0.05, 0.1) is 22.4 Å². The number of methoxy groups -OCH3 is 1.